The summed E-state index contributed by atoms with van der Waals surface area (Å²) in [6.07, 6.45) is 6.55. The summed E-state index contributed by atoms with van der Waals surface area (Å²) in [5, 5.41) is 9.71. The van der Waals surface area contributed by atoms with Gasteiger partial charge in [-0.15, -0.1) is 0 Å². The largest absolute Gasteiger partial charge is 0.391 e. The summed E-state index contributed by atoms with van der Waals surface area (Å²) in [4.78, 5) is 2.30. The lowest BCUT2D eigenvalue weighted by Gasteiger charge is -2.25. The predicted octanol–water partition coefficient (Wildman–Crippen LogP) is 3.63. The summed E-state index contributed by atoms with van der Waals surface area (Å²) in [6.45, 7) is 6.52. The fourth-order valence-corrected chi connectivity index (χ4v) is 3.35. The second-order valence-corrected chi connectivity index (χ2v) is 6.94. The van der Waals surface area contributed by atoms with Crippen molar-refractivity contribution in [1.82, 2.24) is 4.90 Å². The van der Waals surface area contributed by atoms with Crippen LogP contribution in [0.3, 0.4) is 0 Å². The third kappa shape index (κ3) is 9.48. The molecule has 0 saturated heterocycles. The highest BCUT2D eigenvalue weighted by Gasteiger charge is 2.11. The Morgan fingerprint density at radius 2 is 1.72 bits per heavy atom. The van der Waals surface area contributed by atoms with E-state index in [0.717, 1.165) is 23.2 Å². The van der Waals surface area contributed by atoms with Crippen LogP contribution in [0.4, 0.5) is 0 Å². The van der Waals surface area contributed by atoms with Crippen LogP contribution in [0.2, 0.25) is 0 Å². The normalized spacial score (nSPS) is 12.4. The molecule has 0 saturated carbocycles. The van der Waals surface area contributed by atoms with E-state index in [1.807, 2.05) is 6.26 Å². The molecule has 0 radical (unpaired) electrons. The van der Waals surface area contributed by atoms with Crippen LogP contribution in [-0.2, 0) is 0 Å². The number of unbranched alkanes of at least 4 members (excludes halogenated alkanes) is 2. The van der Waals surface area contributed by atoms with E-state index in [0.29, 0.717) is 5.75 Å². The van der Waals surface area contributed by atoms with Crippen LogP contribution in [0.25, 0.3) is 0 Å². The first kappa shape index (κ1) is 18.6. The maximum absolute atomic E-state index is 9.71. The van der Waals surface area contributed by atoms with E-state index in [2.05, 4.69) is 18.7 Å². The number of aliphatic hydroxyl groups is 1. The van der Waals surface area contributed by atoms with Gasteiger partial charge in [-0.3, -0.25) is 0 Å². The third-order valence-corrected chi connectivity index (χ3v) is 4.97. The molecule has 0 fully saturated rings. The first-order valence-corrected chi connectivity index (χ1v) is 9.53. The molecule has 0 heterocycles. The molecule has 0 rings (SSSR count). The molecule has 0 aliphatic carbocycles. The highest BCUT2D eigenvalue weighted by molar-refractivity contribution is 8.22. The van der Waals surface area contributed by atoms with Gasteiger partial charge in [-0.05, 0) is 19.1 Å². The molecule has 1 unspecified atom stereocenters. The third-order valence-electron chi connectivity index (χ3n) is 2.58. The Morgan fingerprint density at radius 3 is 2.17 bits per heavy atom. The minimum absolute atomic E-state index is 0.248. The van der Waals surface area contributed by atoms with Crippen molar-refractivity contribution in [2.45, 2.75) is 45.6 Å². The number of thiocarbonyl (C=S) groups is 1. The first-order chi connectivity index (χ1) is 8.65. The lowest BCUT2D eigenvalue weighted by molar-refractivity contribution is 0.225. The fourth-order valence-electron chi connectivity index (χ4n) is 1.49. The van der Waals surface area contributed by atoms with Crippen molar-refractivity contribution >= 4 is 40.1 Å². The molecule has 0 amide bonds. The summed E-state index contributed by atoms with van der Waals surface area (Å²) in [5.74, 6) is 1.51. The van der Waals surface area contributed by atoms with Crippen molar-refractivity contribution in [2.75, 3.05) is 30.9 Å². The molecule has 1 N–H and O–H groups in total. The topological polar surface area (TPSA) is 23.5 Å². The van der Waals surface area contributed by atoms with Crippen LogP contribution >= 0.6 is 35.7 Å². The quantitative estimate of drug-likeness (QED) is 0.621. The van der Waals surface area contributed by atoms with Gasteiger partial charge in [0.1, 0.15) is 4.32 Å². The Kier molecular flexibility index (Phi) is 13.0. The molecule has 0 aromatic heterocycles. The molecule has 18 heavy (non-hydrogen) atoms. The summed E-state index contributed by atoms with van der Waals surface area (Å²) in [7, 11) is 0. The Bertz CT molecular complexity index is 206. The highest BCUT2D eigenvalue weighted by Crippen LogP contribution is 2.14. The zero-order chi connectivity index (χ0) is 13.8. The minimum atomic E-state index is -0.248. The zero-order valence-corrected chi connectivity index (χ0v) is 14.3. The summed E-state index contributed by atoms with van der Waals surface area (Å²) >= 11 is 8.78. The Morgan fingerprint density at radius 1 is 1.17 bits per heavy atom. The van der Waals surface area contributed by atoms with Crippen LogP contribution in [0.5, 0.6) is 0 Å². The molecule has 5 heteroatoms. The second kappa shape index (κ2) is 12.6. The molecule has 0 spiro atoms. The van der Waals surface area contributed by atoms with Gasteiger partial charge < -0.3 is 10.0 Å². The van der Waals surface area contributed by atoms with E-state index in [9.17, 15) is 5.11 Å². The molecule has 0 aliphatic heterocycles. The van der Waals surface area contributed by atoms with Crippen molar-refractivity contribution in [1.29, 1.82) is 0 Å². The lowest BCUT2D eigenvalue weighted by atomic mass is 10.3. The average molecular weight is 310 g/mol. The number of hydrogen-bond acceptors (Lipinski definition) is 4. The molecular weight excluding hydrogens is 282 g/mol. The number of aliphatic hydroxyl groups excluding tert-OH is 1. The smallest absolute Gasteiger partial charge is 0.136 e. The van der Waals surface area contributed by atoms with Gasteiger partial charge in [0.15, 0.2) is 0 Å². The maximum atomic E-state index is 9.71. The Hall–Kier alpha value is 0.550. The standard InChI is InChI=1S/C13H27NOS3/c1-4-6-8-14(9-7-5-2)13(16)18-11-12(15)10-17-3/h12,15H,4-11H2,1-3H3. The van der Waals surface area contributed by atoms with Gasteiger partial charge in [-0.2, -0.15) is 11.8 Å². The zero-order valence-electron chi connectivity index (χ0n) is 11.9. The van der Waals surface area contributed by atoms with Gasteiger partial charge in [0, 0.05) is 24.6 Å². The van der Waals surface area contributed by atoms with E-state index < -0.39 is 0 Å². The maximum Gasteiger partial charge on any atom is 0.136 e. The first-order valence-electron chi connectivity index (χ1n) is 6.74. The molecule has 2 nitrogen and oxygen atoms in total. The van der Waals surface area contributed by atoms with Crippen LogP contribution in [0.15, 0.2) is 0 Å². The summed E-state index contributed by atoms with van der Waals surface area (Å²) in [6, 6.07) is 0. The number of rotatable bonds is 10. The SMILES string of the molecule is CCCCN(CCCC)C(=S)SCC(O)CSC. The van der Waals surface area contributed by atoms with E-state index in [-0.39, 0.29) is 6.10 Å². The van der Waals surface area contributed by atoms with E-state index in [1.165, 1.54) is 25.7 Å². The monoisotopic (exact) mass is 309 g/mol. The fraction of sp³-hybridized carbons (Fsp3) is 0.923. The summed E-state index contributed by atoms with van der Waals surface area (Å²) < 4.78 is 0.956. The van der Waals surface area contributed by atoms with Gasteiger partial charge in [0.2, 0.25) is 0 Å². The Labute approximate surface area is 126 Å². The average Bonchev–Trinajstić information content (AvgIpc) is 2.36. The molecule has 0 aromatic rings. The summed E-state index contributed by atoms with van der Waals surface area (Å²) in [5.41, 5.74) is 0. The van der Waals surface area contributed by atoms with Gasteiger partial charge in [-0.1, -0.05) is 50.7 Å². The van der Waals surface area contributed by atoms with Crippen molar-refractivity contribution in [3.05, 3.63) is 0 Å². The molecule has 0 aliphatic rings. The minimum Gasteiger partial charge on any atom is -0.391 e. The molecule has 108 valence electrons. The van der Waals surface area contributed by atoms with Gasteiger partial charge in [0.05, 0.1) is 6.10 Å². The van der Waals surface area contributed by atoms with Crippen molar-refractivity contribution < 1.29 is 5.11 Å². The molecule has 1 atom stereocenters. The van der Waals surface area contributed by atoms with Crippen molar-refractivity contribution in [3.8, 4) is 0 Å². The van der Waals surface area contributed by atoms with E-state index >= 15 is 0 Å². The van der Waals surface area contributed by atoms with E-state index in [4.69, 9.17) is 12.2 Å². The van der Waals surface area contributed by atoms with Crippen LogP contribution in [-0.4, -0.2) is 51.3 Å². The van der Waals surface area contributed by atoms with Crippen LogP contribution < -0.4 is 0 Å². The van der Waals surface area contributed by atoms with Gasteiger partial charge >= 0.3 is 0 Å². The Balaban J connectivity index is 4.02. The molecular formula is C13H27NOS3. The predicted molar refractivity (Wildman–Crippen MR) is 90.8 cm³/mol. The van der Waals surface area contributed by atoms with Crippen molar-refractivity contribution in [3.63, 3.8) is 0 Å². The lowest BCUT2D eigenvalue weighted by Crippen LogP contribution is -2.30. The van der Waals surface area contributed by atoms with E-state index in [1.54, 1.807) is 23.5 Å². The number of hydrogen-bond donors (Lipinski definition) is 1. The molecule has 0 bridgehead atoms. The number of thioether (sulfide) groups is 2. The highest BCUT2D eigenvalue weighted by atomic mass is 32.2. The second-order valence-electron chi connectivity index (χ2n) is 4.38. The van der Waals surface area contributed by atoms with Crippen molar-refractivity contribution in [2.24, 2.45) is 0 Å². The van der Waals surface area contributed by atoms with Crippen LogP contribution in [0, 0.1) is 0 Å². The van der Waals surface area contributed by atoms with Crippen LogP contribution in [0.1, 0.15) is 39.5 Å². The van der Waals surface area contributed by atoms with Gasteiger partial charge in [-0.25, -0.2) is 0 Å². The number of nitrogens with zero attached hydrogens (tertiary/aromatic N) is 1. The molecule has 0 aromatic carbocycles. The van der Waals surface area contributed by atoms with Gasteiger partial charge in [0.25, 0.3) is 0 Å².